The fourth-order valence-electron chi connectivity index (χ4n) is 2.83. The summed E-state index contributed by atoms with van der Waals surface area (Å²) in [5, 5.41) is 8.94. The molecule has 0 aliphatic carbocycles. The second-order valence-electron chi connectivity index (χ2n) is 6.44. The van der Waals surface area contributed by atoms with E-state index in [1.54, 1.807) is 37.3 Å². The maximum Gasteiger partial charge on any atom is 0.326 e. The summed E-state index contributed by atoms with van der Waals surface area (Å²) < 4.78 is 11.1. The van der Waals surface area contributed by atoms with Crippen LogP contribution in [0.1, 0.15) is 23.6 Å². The number of carbonyl (C=O) groups excluding carboxylic acids is 3. The molecule has 1 saturated heterocycles. The number of benzene rings is 2. The van der Waals surface area contributed by atoms with E-state index in [-0.39, 0.29) is 23.1 Å². The second kappa shape index (κ2) is 10.7. The van der Waals surface area contributed by atoms with Gasteiger partial charge in [-0.05, 0) is 64.5 Å². The molecule has 0 aromatic heterocycles. The first-order chi connectivity index (χ1) is 15.3. The Labute approximate surface area is 202 Å². The van der Waals surface area contributed by atoms with Crippen molar-refractivity contribution in [2.45, 2.75) is 13.5 Å². The van der Waals surface area contributed by atoms with Gasteiger partial charge in [0, 0.05) is 5.56 Å². The maximum atomic E-state index is 12.5. The first-order valence-electron chi connectivity index (χ1n) is 9.34. The van der Waals surface area contributed by atoms with Gasteiger partial charge < -0.3 is 9.47 Å². The fraction of sp³-hybridized carbons (Fsp3) is 0.182. The largest absolute Gasteiger partial charge is 0.486 e. The van der Waals surface area contributed by atoms with E-state index >= 15 is 0 Å². The van der Waals surface area contributed by atoms with Crippen molar-refractivity contribution in [3.63, 3.8) is 0 Å². The summed E-state index contributed by atoms with van der Waals surface area (Å²) in [5.41, 5.74) is 1.79. The third kappa shape index (κ3) is 5.51. The number of hydrogen-bond donors (Lipinski definition) is 0. The molecule has 164 valence electrons. The van der Waals surface area contributed by atoms with E-state index in [2.05, 4.69) is 22.0 Å². The van der Waals surface area contributed by atoms with Crippen LogP contribution >= 0.6 is 39.3 Å². The molecular weight excluding hydrogens is 520 g/mol. The van der Waals surface area contributed by atoms with Crippen molar-refractivity contribution >= 4 is 62.5 Å². The van der Waals surface area contributed by atoms with Gasteiger partial charge in [-0.25, -0.2) is 0 Å². The molecule has 0 spiro atoms. The van der Waals surface area contributed by atoms with Gasteiger partial charge in [0.25, 0.3) is 11.1 Å². The molecule has 1 aliphatic rings. The SMILES string of the molecule is CCOC(=O)CN1C(=O)SC(=Cc2cc(Cl)c(OCc3ccccc3C#N)c(Br)c2)C1=O. The molecule has 0 atom stereocenters. The second-order valence-corrected chi connectivity index (χ2v) is 8.70. The zero-order valence-electron chi connectivity index (χ0n) is 16.8. The number of nitrogens with zero attached hydrogens (tertiary/aromatic N) is 2. The number of amides is 2. The van der Waals surface area contributed by atoms with Gasteiger partial charge in [0.15, 0.2) is 5.75 Å². The number of nitriles is 1. The number of thioether (sulfide) groups is 1. The third-order valence-corrected chi connectivity index (χ3v) is 6.07. The van der Waals surface area contributed by atoms with E-state index in [1.165, 1.54) is 6.08 Å². The lowest BCUT2D eigenvalue weighted by molar-refractivity contribution is -0.145. The number of rotatable bonds is 7. The first kappa shape index (κ1) is 23.9. The summed E-state index contributed by atoms with van der Waals surface area (Å²) in [6.07, 6.45) is 1.52. The van der Waals surface area contributed by atoms with E-state index in [4.69, 9.17) is 21.1 Å². The van der Waals surface area contributed by atoms with Gasteiger partial charge >= 0.3 is 5.97 Å². The van der Waals surface area contributed by atoms with E-state index in [0.29, 0.717) is 21.3 Å². The minimum Gasteiger partial charge on any atom is -0.486 e. The highest BCUT2D eigenvalue weighted by Gasteiger charge is 2.36. The van der Waals surface area contributed by atoms with Crippen LogP contribution in [0.15, 0.2) is 45.8 Å². The highest BCUT2D eigenvalue weighted by molar-refractivity contribution is 9.10. The molecule has 10 heteroatoms. The van der Waals surface area contributed by atoms with Crippen LogP contribution in [0.5, 0.6) is 5.75 Å². The Morgan fingerprint density at radius 1 is 1.31 bits per heavy atom. The van der Waals surface area contributed by atoms with Crippen LogP contribution < -0.4 is 4.74 Å². The Hall–Kier alpha value is -2.80. The van der Waals surface area contributed by atoms with Crippen molar-refractivity contribution in [1.82, 2.24) is 4.90 Å². The number of carbonyl (C=O) groups is 3. The summed E-state index contributed by atoms with van der Waals surface area (Å²) in [6, 6.07) is 12.5. The normalized spacial score (nSPS) is 14.6. The predicted octanol–water partition coefficient (Wildman–Crippen LogP) is 5.15. The molecule has 1 aliphatic heterocycles. The fourth-order valence-corrected chi connectivity index (χ4v) is 4.66. The van der Waals surface area contributed by atoms with Crippen LogP contribution in [0.25, 0.3) is 6.08 Å². The number of halogens is 2. The van der Waals surface area contributed by atoms with Crippen LogP contribution in [0.3, 0.4) is 0 Å². The molecule has 2 amide bonds. The van der Waals surface area contributed by atoms with Crippen molar-refractivity contribution in [3.05, 3.63) is 67.5 Å². The molecule has 0 N–H and O–H groups in total. The third-order valence-electron chi connectivity index (χ3n) is 4.29. The molecule has 1 fully saturated rings. The highest BCUT2D eigenvalue weighted by Crippen LogP contribution is 2.38. The van der Waals surface area contributed by atoms with Crippen molar-refractivity contribution in [1.29, 1.82) is 5.26 Å². The standard InChI is InChI=1S/C22H16BrClN2O5S/c1-2-30-19(27)11-26-21(28)18(32-22(26)29)9-13-7-16(23)20(17(24)8-13)31-12-15-6-4-3-5-14(15)10-25/h3-9H,2,11-12H2,1H3. The zero-order valence-corrected chi connectivity index (χ0v) is 19.9. The Morgan fingerprint density at radius 3 is 2.75 bits per heavy atom. The lowest BCUT2D eigenvalue weighted by Crippen LogP contribution is -2.34. The highest BCUT2D eigenvalue weighted by atomic mass is 79.9. The lowest BCUT2D eigenvalue weighted by Gasteiger charge is -2.12. The van der Waals surface area contributed by atoms with E-state index in [9.17, 15) is 19.6 Å². The molecule has 0 radical (unpaired) electrons. The first-order valence-corrected chi connectivity index (χ1v) is 11.3. The van der Waals surface area contributed by atoms with Crippen LogP contribution in [0, 0.1) is 11.3 Å². The summed E-state index contributed by atoms with van der Waals surface area (Å²) >= 11 is 10.5. The smallest absolute Gasteiger partial charge is 0.326 e. The quantitative estimate of drug-likeness (QED) is 0.357. The molecular formula is C22H16BrClN2O5S. The van der Waals surface area contributed by atoms with Crippen molar-refractivity contribution in [3.8, 4) is 11.8 Å². The maximum absolute atomic E-state index is 12.5. The van der Waals surface area contributed by atoms with Gasteiger partial charge in [-0.2, -0.15) is 5.26 Å². The van der Waals surface area contributed by atoms with Gasteiger partial charge in [0.05, 0.1) is 32.6 Å². The average Bonchev–Trinajstić information content (AvgIpc) is 3.01. The Balaban J connectivity index is 1.77. The van der Waals surface area contributed by atoms with E-state index < -0.39 is 23.7 Å². The van der Waals surface area contributed by atoms with Crippen molar-refractivity contribution in [2.24, 2.45) is 0 Å². The molecule has 1 heterocycles. The average molecular weight is 536 g/mol. The van der Waals surface area contributed by atoms with Crippen molar-refractivity contribution < 1.29 is 23.9 Å². The summed E-state index contributed by atoms with van der Waals surface area (Å²) in [7, 11) is 0. The molecule has 0 bridgehead atoms. The monoisotopic (exact) mass is 534 g/mol. The summed E-state index contributed by atoms with van der Waals surface area (Å²) in [5.74, 6) is -0.845. The molecule has 0 saturated carbocycles. The van der Waals surface area contributed by atoms with Crippen LogP contribution in [-0.4, -0.2) is 35.2 Å². The predicted molar refractivity (Wildman–Crippen MR) is 124 cm³/mol. The van der Waals surface area contributed by atoms with Crippen LogP contribution in [0.4, 0.5) is 4.79 Å². The van der Waals surface area contributed by atoms with E-state index in [0.717, 1.165) is 22.2 Å². The van der Waals surface area contributed by atoms with Crippen molar-refractivity contribution in [2.75, 3.05) is 13.2 Å². The van der Waals surface area contributed by atoms with E-state index in [1.807, 2.05) is 6.07 Å². The van der Waals surface area contributed by atoms with Gasteiger partial charge in [-0.3, -0.25) is 19.3 Å². The molecule has 7 nitrogen and oxygen atoms in total. The zero-order chi connectivity index (χ0) is 23.3. The Bertz CT molecular complexity index is 1140. The molecule has 2 aromatic rings. The number of imide groups is 1. The van der Waals surface area contributed by atoms with Gasteiger partial charge in [0.1, 0.15) is 13.2 Å². The number of esters is 1. The topological polar surface area (TPSA) is 96.7 Å². The molecule has 2 aromatic carbocycles. The summed E-state index contributed by atoms with van der Waals surface area (Å²) in [6.45, 7) is 1.52. The molecule has 0 unspecified atom stereocenters. The van der Waals surface area contributed by atoms with Crippen LogP contribution in [-0.2, 0) is 20.9 Å². The van der Waals surface area contributed by atoms with Crippen LogP contribution in [0.2, 0.25) is 5.02 Å². The summed E-state index contributed by atoms with van der Waals surface area (Å²) in [4.78, 5) is 37.3. The number of hydrogen-bond acceptors (Lipinski definition) is 7. The molecule has 32 heavy (non-hydrogen) atoms. The molecule has 3 rings (SSSR count). The Kier molecular flexibility index (Phi) is 7.96. The minimum atomic E-state index is -0.652. The van der Waals surface area contributed by atoms with Gasteiger partial charge in [-0.1, -0.05) is 29.8 Å². The minimum absolute atomic E-state index is 0.147. The lowest BCUT2D eigenvalue weighted by atomic mass is 10.1. The van der Waals surface area contributed by atoms with Gasteiger partial charge in [0.2, 0.25) is 0 Å². The Morgan fingerprint density at radius 2 is 2.06 bits per heavy atom. The van der Waals surface area contributed by atoms with Gasteiger partial charge in [-0.15, -0.1) is 0 Å². The number of ether oxygens (including phenoxy) is 2.